The van der Waals surface area contributed by atoms with Gasteiger partial charge in [0.15, 0.2) is 0 Å². The van der Waals surface area contributed by atoms with Crippen LogP contribution >= 0.6 is 11.3 Å². The van der Waals surface area contributed by atoms with Crippen molar-refractivity contribution in [2.45, 2.75) is 6.54 Å². The average Bonchev–Trinajstić information content (AvgIpc) is 2.94. The van der Waals surface area contributed by atoms with E-state index in [-0.39, 0.29) is 12.4 Å². The normalized spacial score (nSPS) is 11.2. The van der Waals surface area contributed by atoms with E-state index < -0.39 is 0 Å². The molecule has 6 heteroatoms. The Bertz CT molecular complexity index is 545. The van der Waals surface area contributed by atoms with Crippen LogP contribution in [0.2, 0.25) is 0 Å². The van der Waals surface area contributed by atoms with E-state index in [4.69, 9.17) is 9.84 Å². The van der Waals surface area contributed by atoms with Gasteiger partial charge >= 0.3 is 0 Å². The summed E-state index contributed by atoms with van der Waals surface area (Å²) in [6, 6.07) is 6.34. The molecule has 21 heavy (non-hydrogen) atoms. The molecule has 0 unspecified atom stereocenters. The zero-order chi connectivity index (χ0) is 15.1. The van der Waals surface area contributed by atoms with Crippen LogP contribution in [-0.2, 0) is 11.3 Å². The summed E-state index contributed by atoms with van der Waals surface area (Å²) in [5, 5.41) is 12.0. The number of hydrogen-bond donors (Lipinski definition) is 1. The van der Waals surface area contributed by atoms with E-state index in [0.29, 0.717) is 19.7 Å². The number of nitrogens with zero attached hydrogens (tertiary/aromatic N) is 2. The predicted octanol–water partition coefficient (Wildman–Crippen LogP) is 2.39. The van der Waals surface area contributed by atoms with Crippen LogP contribution in [0.5, 0.6) is 0 Å². The Hall–Kier alpha value is -1.34. The van der Waals surface area contributed by atoms with Gasteiger partial charge in [0.25, 0.3) is 0 Å². The number of aliphatic hydroxyl groups is 1. The first kappa shape index (κ1) is 16.0. The molecule has 0 aliphatic heterocycles. The lowest BCUT2D eigenvalue weighted by atomic mass is 10.2. The second-order valence-electron chi connectivity index (χ2n) is 4.64. The van der Waals surface area contributed by atoms with Gasteiger partial charge in [0, 0.05) is 37.7 Å². The molecule has 0 bridgehead atoms. The molecule has 4 nitrogen and oxygen atoms in total. The van der Waals surface area contributed by atoms with Crippen LogP contribution in [0.15, 0.2) is 29.6 Å². The fourth-order valence-corrected chi connectivity index (χ4v) is 2.78. The van der Waals surface area contributed by atoms with Crippen molar-refractivity contribution in [1.82, 2.24) is 9.88 Å². The number of rotatable bonds is 8. The fourth-order valence-electron chi connectivity index (χ4n) is 1.97. The second-order valence-corrected chi connectivity index (χ2v) is 5.50. The van der Waals surface area contributed by atoms with Gasteiger partial charge in [0.2, 0.25) is 0 Å². The Kier molecular flexibility index (Phi) is 6.25. The molecule has 0 radical (unpaired) electrons. The van der Waals surface area contributed by atoms with Crippen molar-refractivity contribution in [3.63, 3.8) is 0 Å². The molecule has 0 saturated heterocycles. The van der Waals surface area contributed by atoms with E-state index in [1.165, 1.54) is 23.5 Å². The molecule has 0 saturated carbocycles. The van der Waals surface area contributed by atoms with Crippen molar-refractivity contribution in [2.75, 3.05) is 33.4 Å². The number of halogens is 1. The van der Waals surface area contributed by atoms with E-state index in [2.05, 4.69) is 9.88 Å². The molecule has 1 N–H and O–H groups in total. The van der Waals surface area contributed by atoms with Crippen LogP contribution in [-0.4, -0.2) is 48.4 Å². The van der Waals surface area contributed by atoms with Crippen molar-refractivity contribution in [3.05, 3.63) is 41.2 Å². The highest BCUT2D eigenvalue weighted by Crippen LogP contribution is 2.24. The summed E-state index contributed by atoms with van der Waals surface area (Å²) in [7, 11) is 1.66. The number of thiazole rings is 1. The van der Waals surface area contributed by atoms with Gasteiger partial charge < -0.3 is 9.84 Å². The summed E-state index contributed by atoms with van der Waals surface area (Å²) in [5.41, 5.74) is 1.86. The Morgan fingerprint density at radius 3 is 2.71 bits per heavy atom. The average molecular weight is 310 g/mol. The van der Waals surface area contributed by atoms with Crippen molar-refractivity contribution >= 4 is 11.3 Å². The van der Waals surface area contributed by atoms with Crippen LogP contribution in [0.3, 0.4) is 0 Å². The van der Waals surface area contributed by atoms with Gasteiger partial charge in [0.05, 0.1) is 18.9 Å². The van der Waals surface area contributed by atoms with E-state index in [1.807, 2.05) is 5.38 Å². The van der Waals surface area contributed by atoms with E-state index in [0.717, 1.165) is 22.8 Å². The van der Waals surface area contributed by atoms with Gasteiger partial charge in [-0.25, -0.2) is 9.37 Å². The van der Waals surface area contributed by atoms with Crippen molar-refractivity contribution < 1.29 is 14.2 Å². The first-order chi connectivity index (χ1) is 10.2. The number of aliphatic hydroxyl groups excluding tert-OH is 1. The van der Waals surface area contributed by atoms with E-state index in [9.17, 15) is 4.39 Å². The van der Waals surface area contributed by atoms with Gasteiger partial charge in [-0.15, -0.1) is 11.3 Å². The lowest BCUT2D eigenvalue weighted by Crippen LogP contribution is -2.29. The molecule has 114 valence electrons. The monoisotopic (exact) mass is 310 g/mol. The molecule has 0 fully saturated rings. The Morgan fingerprint density at radius 1 is 1.29 bits per heavy atom. The third-order valence-corrected chi connectivity index (χ3v) is 4.00. The minimum absolute atomic E-state index is 0.110. The van der Waals surface area contributed by atoms with E-state index in [1.54, 1.807) is 19.2 Å². The molecule has 2 rings (SSSR count). The second kappa shape index (κ2) is 8.19. The number of ether oxygens (including phenoxy) is 1. The van der Waals surface area contributed by atoms with Crippen molar-refractivity contribution in [2.24, 2.45) is 0 Å². The largest absolute Gasteiger partial charge is 0.395 e. The van der Waals surface area contributed by atoms with Crippen LogP contribution in [0.4, 0.5) is 4.39 Å². The topological polar surface area (TPSA) is 45.6 Å². The Morgan fingerprint density at radius 2 is 2.05 bits per heavy atom. The molecule has 0 aliphatic carbocycles. The zero-order valence-electron chi connectivity index (χ0n) is 12.0. The SMILES string of the molecule is COCCN(CCO)Cc1csc(-c2ccc(F)cc2)n1. The fraction of sp³-hybridized carbons (Fsp3) is 0.400. The maximum Gasteiger partial charge on any atom is 0.123 e. The summed E-state index contributed by atoms with van der Waals surface area (Å²) in [6.07, 6.45) is 0. The Balaban J connectivity index is 2.02. The summed E-state index contributed by atoms with van der Waals surface area (Å²) in [4.78, 5) is 6.66. The number of aromatic nitrogens is 1. The standard InChI is InChI=1S/C15H19FN2O2S/c1-20-9-7-18(6-8-19)10-14-11-21-15(17-14)12-2-4-13(16)5-3-12/h2-5,11,19H,6-10H2,1H3. The highest BCUT2D eigenvalue weighted by Gasteiger charge is 2.10. The van der Waals surface area contributed by atoms with Gasteiger partial charge in [-0.1, -0.05) is 0 Å². The van der Waals surface area contributed by atoms with Gasteiger partial charge in [-0.3, -0.25) is 4.90 Å². The van der Waals surface area contributed by atoms with Gasteiger partial charge in [0.1, 0.15) is 10.8 Å². The third-order valence-electron chi connectivity index (χ3n) is 3.06. The minimum Gasteiger partial charge on any atom is -0.395 e. The minimum atomic E-state index is -0.246. The molecule has 2 aromatic rings. The van der Waals surface area contributed by atoms with Gasteiger partial charge in [-0.05, 0) is 24.3 Å². The first-order valence-corrected chi connectivity index (χ1v) is 7.63. The molecule has 0 aliphatic rings. The van der Waals surface area contributed by atoms with Crippen LogP contribution in [0.25, 0.3) is 10.6 Å². The maximum absolute atomic E-state index is 12.9. The molecule has 1 aromatic carbocycles. The number of benzene rings is 1. The maximum atomic E-state index is 12.9. The molecular weight excluding hydrogens is 291 g/mol. The summed E-state index contributed by atoms with van der Waals surface area (Å²) < 4.78 is 18.0. The molecule has 0 atom stereocenters. The highest BCUT2D eigenvalue weighted by molar-refractivity contribution is 7.13. The molecule has 0 spiro atoms. The third kappa shape index (κ3) is 4.86. The summed E-state index contributed by atoms with van der Waals surface area (Å²) in [6.45, 7) is 2.74. The smallest absolute Gasteiger partial charge is 0.123 e. The predicted molar refractivity (Wildman–Crippen MR) is 81.7 cm³/mol. The molecule has 1 aromatic heterocycles. The van der Waals surface area contributed by atoms with Crippen LogP contribution < -0.4 is 0 Å². The highest BCUT2D eigenvalue weighted by atomic mass is 32.1. The molecule has 1 heterocycles. The Labute approximate surface area is 127 Å². The number of hydrogen-bond acceptors (Lipinski definition) is 5. The molecular formula is C15H19FN2O2S. The van der Waals surface area contributed by atoms with Crippen molar-refractivity contribution in [3.8, 4) is 10.6 Å². The lowest BCUT2D eigenvalue weighted by molar-refractivity contribution is 0.126. The van der Waals surface area contributed by atoms with Crippen molar-refractivity contribution in [1.29, 1.82) is 0 Å². The zero-order valence-corrected chi connectivity index (χ0v) is 12.8. The van der Waals surface area contributed by atoms with Gasteiger partial charge in [-0.2, -0.15) is 0 Å². The van der Waals surface area contributed by atoms with E-state index >= 15 is 0 Å². The van der Waals surface area contributed by atoms with Crippen LogP contribution in [0.1, 0.15) is 5.69 Å². The summed E-state index contributed by atoms with van der Waals surface area (Å²) >= 11 is 1.54. The quantitative estimate of drug-likeness (QED) is 0.813. The lowest BCUT2D eigenvalue weighted by Gasteiger charge is -2.19. The molecule has 0 amide bonds. The number of methoxy groups -OCH3 is 1. The summed E-state index contributed by atoms with van der Waals surface area (Å²) in [5.74, 6) is -0.246. The van der Waals surface area contributed by atoms with Crippen LogP contribution in [0, 0.1) is 5.82 Å². The first-order valence-electron chi connectivity index (χ1n) is 6.75.